The molecule has 1 aromatic heterocycles. The van der Waals surface area contributed by atoms with Crippen LogP contribution in [-0.2, 0) is 4.79 Å². The van der Waals surface area contributed by atoms with Crippen molar-refractivity contribution in [3.8, 4) is 17.0 Å². The van der Waals surface area contributed by atoms with Gasteiger partial charge in [0.2, 0.25) is 5.91 Å². The molecule has 148 valence electrons. The Morgan fingerprint density at radius 1 is 1.18 bits per heavy atom. The molecule has 0 saturated heterocycles. The molecule has 0 aliphatic carbocycles. The highest BCUT2D eigenvalue weighted by atomic mass is 79.9. The Bertz CT molecular complexity index is 927. The van der Waals surface area contributed by atoms with Crippen LogP contribution in [0.5, 0.6) is 5.75 Å². The number of fused-ring (bicyclic) bond motifs is 1. The number of aromatic nitrogens is 1. The number of carbonyl (C=O) groups is 1. The molecule has 3 rings (SSSR count). The third-order valence-corrected chi connectivity index (χ3v) is 5.80. The first-order valence-corrected chi connectivity index (χ1v) is 10.8. The van der Waals surface area contributed by atoms with Gasteiger partial charge in [-0.15, -0.1) is 0 Å². The van der Waals surface area contributed by atoms with Crippen LogP contribution in [-0.4, -0.2) is 46.6 Å². The zero-order valence-electron chi connectivity index (χ0n) is 15.7. The summed E-state index contributed by atoms with van der Waals surface area (Å²) in [5, 5.41) is 10.1. The van der Waals surface area contributed by atoms with E-state index in [2.05, 4.69) is 38.5 Å². The van der Waals surface area contributed by atoms with E-state index in [0.29, 0.717) is 19.7 Å². The monoisotopic (exact) mass is 462 g/mol. The van der Waals surface area contributed by atoms with Crippen LogP contribution in [0.3, 0.4) is 0 Å². The van der Waals surface area contributed by atoms with Crippen molar-refractivity contribution < 1.29 is 14.6 Å². The maximum Gasteiger partial charge on any atom is 0.219 e. The average Bonchev–Trinajstić information content (AvgIpc) is 3.10. The highest BCUT2D eigenvalue weighted by Gasteiger charge is 2.10. The zero-order chi connectivity index (χ0) is 19.9. The molecule has 2 aromatic carbocycles. The molecule has 0 atom stereocenters. The van der Waals surface area contributed by atoms with Crippen LogP contribution < -0.4 is 4.74 Å². The van der Waals surface area contributed by atoms with Crippen molar-refractivity contribution in [2.45, 2.75) is 19.8 Å². The maximum atomic E-state index is 11.4. The molecule has 0 aliphatic rings. The molecule has 5 nitrogen and oxygen atoms in total. The fourth-order valence-corrected chi connectivity index (χ4v) is 4.06. The molecule has 1 N–H and O–H groups in total. The van der Waals surface area contributed by atoms with Gasteiger partial charge in [0.15, 0.2) is 0 Å². The lowest BCUT2D eigenvalue weighted by atomic mass is 10.1. The van der Waals surface area contributed by atoms with Crippen LogP contribution in [0.1, 0.15) is 19.8 Å². The number of nitrogens with zero attached hydrogens (tertiary/aromatic N) is 2. The minimum absolute atomic E-state index is 0.00676. The molecular weight excluding hydrogens is 440 g/mol. The quantitative estimate of drug-likeness (QED) is 0.467. The van der Waals surface area contributed by atoms with E-state index in [0.717, 1.165) is 44.4 Å². The summed E-state index contributed by atoms with van der Waals surface area (Å²) in [7, 11) is 0. The molecule has 0 saturated carbocycles. The van der Waals surface area contributed by atoms with E-state index < -0.39 is 0 Å². The number of aliphatic hydroxyl groups excluding tert-OH is 1. The van der Waals surface area contributed by atoms with Gasteiger partial charge in [0.1, 0.15) is 5.75 Å². The second kappa shape index (κ2) is 10.0. The third-order valence-electron chi connectivity index (χ3n) is 4.47. The van der Waals surface area contributed by atoms with E-state index in [4.69, 9.17) is 9.84 Å². The second-order valence-corrected chi connectivity index (χ2v) is 8.20. The van der Waals surface area contributed by atoms with Gasteiger partial charge in [-0.1, -0.05) is 28.1 Å². The SMILES string of the molecule is CC(=O)N(CCO)CCCCOc1ccc2c(-c3ccc(Br)cc3)nsc2c1. The summed E-state index contributed by atoms with van der Waals surface area (Å²) in [4.78, 5) is 13.1. The Balaban J connectivity index is 1.55. The van der Waals surface area contributed by atoms with Crippen molar-refractivity contribution in [1.82, 2.24) is 9.27 Å². The second-order valence-electron chi connectivity index (χ2n) is 6.48. The molecule has 0 spiro atoms. The number of hydrogen-bond acceptors (Lipinski definition) is 5. The molecular formula is C21H23BrN2O3S. The van der Waals surface area contributed by atoms with Gasteiger partial charge in [-0.2, -0.15) is 4.37 Å². The number of unbranched alkanes of at least 4 members (excludes halogenated alkanes) is 1. The summed E-state index contributed by atoms with van der Waals surface area (Å²) < 4.78 is 12.6. The van der Waals surface area contributed by atoms with E-state index in [-0.39, 0.29) is 12.5 Å². The van der Waals surface area contributed by atoms with E-state index in [1.54, 1.807) is 4.90 Å². The Labute approximate surface area is 177 Å². The normalized spacial score (nSPS) is 11.0. The minimum Gasteiger partial charge on any atom is -0.494 e. The topological polar surface area (TPSA) is 62.7 Å². The van der Waals surface area contributed by atoms with E-state index in [1.165, 1.54) is 18.5 Å². The first kappa shape index (κ1) is 20.8. The number of aliphatic hydroxyl groups is 1. The van der Waals surface area contributed by atoms with Gasteiger partial charge in [-0.05, 0) is 54.7 Å². The highest BCUT2D eigenvalue weighted by molar-refractivity contribution is 9.10. The van der Waals surface area contributed by atoms with Crippen LogP contribution in [0.15, 0.2) is 46.9 Å². The average molecular weight is 463 g/mol. The van der Waals surface area contributed by atoms with Crippen molar-refractivity contribution in [2.75, 3.05) is 26.3 Å². The number of ether oxygens (including phenoxy) is 1. The fraction of sp³-hybridized carbons (Fsp3) is 0.333. The van der Waals surface area contributed by atoms with Crippen LogP contribution in [0, 0.1) is 0 Å². The predicted molar refractivity (Wildman–Crippen MR) is 117 cm³/mol. The van der Waals surface area contributed by atoms with Crippen LogP contribution in [0.4, 0.5) is 0 Å². The number of benzene rings is 2. The zero-order valence-corrected chi connectivity index (χ0v) is 18.1. The van der Waals surface area contributed by atoms with Gasteiger partial charge in [-0.3, -0.25) is 4.79 Å². The highest BCUT2D eigenvalue weighted by Crippen LogP contribution is 2.33. The van der Waals surface area contributed by atoms with E-state index in [1.807, 2.05) is 24.3 Å². The number of halogens is 1. The molecule has 7 heteroatoms. The molecule has 0 fully saturated rings. The van der Waals surface area contributed by atoms with Crippen molar-refractivity contribution in [2.24, 2.45) is 0 Å². The molecule has 0 bridgehead atoms. The van der Waals surface area contributed by atoms with E-state index in [9.17, 15) is 4.79 Å². The minimum atomic E-state index is -0.00723. The Hall–Kier alpha value is -1.96. The standard InChI is InChI=1S/C21H23BrN2O3S/c1-15(26)24(11-12-25)10-2-3-13-27-18-8-9-19-20(14-18)28-23-21(19)16-4-6-17(22)7-5-16/h4-9,14,25H,2-3,10-13H2,1H3. The maximum absolute atomic E-state index is 11.4. The lowest BCUT2D eigenvalue weighted by Gasteiger charge is -2.19. The molecule has 0 radical (unpaired) electrons. The van der Waals surface area contributed by atoms with Gasteiger partial charge >= 0.3 is 0 Å². The van der Waals surface area contributed by atoms with Crippen LogP contribution in [0.25, 0.3) is 21.3 Å². The summed E-state index contributed by atoms with van der Waals surface area (Å²) in [6.45, 7) is 3.14. The largest absolute Gasteiger partial charge is 0.494 e. The summed E-state index contributed by atoms with van der Waals surface area (Å²) in [5.41, 5.74) is 2.09. The van der Waals surface area contributed by atoms with Crippen molar-refractivity contribution in [1.29, 1.82) is 0 Å². The van der Waals surface area contributed by atoms with Crippen LogP contribution >= 0.6 is 27.5 Å². The number of carbonyl (C=O) groups excluding carboxylic acids is 1. The smallest absolute Gasteiger partial charge is 0.219 e. The van der Waals surface area contributed by atoms with Crippen molar-refractivity contribution in [3.05, 3.63) is 46.9 Å². The molecule has 28 heavy (non-hydrogen) atoms. The van der Waals surface area contributed by atoms with Gasteiger partial charge in [0.05, 0.1) is 23.6 Å². The van der Waals surface area contributed by atoms with Crippen molar-refractivity contribution in [3.63, 3.8) is 0 Å². The lowest BCUT2D eigenvalue weighted by molar-refractivity contribution is -0.129. The predicted octanol–water partition coefficient (Wildman–Crippen LogP) is 4.73. The Morgan fingerprint density at radius 3 is 2.68 bits per heavy atom. The molecule has 3 aromatic rings. The van der Waals surface area contributed by atoms with Gasteiger partial charge in [0.25, 0.3) is 0 Å². The molecule has 0 unspecified atom stereocenters. The first-order chi connectivity index (χ1) is 13.6. The first-order valence-electron chi connectivity index (χ1n) is 9.23. The number of amides is 1. The lowest BCUT2D eigenvalue weighted by Crippen LogP contribution is -2.32. The summed E-state index contributed by atoms with van der Waals surface area (Å²) in [6.07, 6.45) is 1.69. The molecule has 0 aliphatic heterocycles. The summed E-state index contributed by atoms with van der Waals surface area (Å²) >= 11 is 4.93. The Morgan fingerprint density at radius 2 is 1.96 bits per heavy atom. The molecule has 1 heterocycles. The van der Waals surface area contributed by atoms with Gasteiger partial charge < -0.3 is 14.7 Å². The van der Waals surface area contributed by atoms with Crippen molar-refractivity contribution >= 4 is 43.5 Å². The summed E-state index contributed by atoms with van der Waals surface area (Å²) in [6, 6.07) is 14.2. The molecule has 1 amide bonds. The number of rotatable bonds is 9. The van der Waals surface area contributed by atoms with Gasteiger partial charge in [0, 0.05) is 35.4 Å². The fourth-order valence-electron chi connectivity index (χ4n) is 2.97. The van der Waals surface area contributed by atoms with Crippen LogP contribution in [0.2, 0.25) is 0 Å². The summed E-state index contributed by atoms with van der Waals surface area (Å²) in [5.74, 6) is 0.824. The third kappa shape index (κ3) is 5.31. The Kier molecular flexibility index (Phi) is 7.42. The number of hydrogen-bond donors (Lipinski definition) is 1. The van der Waals surface area contributed by atoms with E-state index >= 15 is 0 Å². The van der Waals surface area contributed by atoms with Gasteiger partial charge in [-0.25, -0.2) is 0 Å².